The van der Waals surface area contributed by atoms with Crippen LogP contribution in [0.5, 0.6) is 5.75 Å². The third-order valence-electron chi connectivity index (χ3n) is 2.45. The maximum Gasteiger partial charge on any atom is 0.175 e. The lowest BCUT2D eigenvalue weighted by Gasteiger charge is -2.19. The van der Waals surface area contributed by atoms with Gasteiger partial charge in [-0.15, -0.1) is 0 Å². The zero-order valence-corrected chi connectivity index (χ0v) is 9.75. The van der Waals surface area contributed by atoms with Crippen LogP contribution in [0.4, 0.5) is 5.82 Å². The second-order valence-electron chi connectivity index (χ2n) is 3.34. The van der Waals surface area contributed by atoms with E-state index in [0.29, 0.717) is 0 Å². The van der Waals surface area contributed by atoms with Gasteiger partial charge < -0.3 is 9.64 Å². The standard InChI is InChI=1S/C10H13BrN2O/c1-14-9-8(11)4-5-12-10(9)13-6-2-3-7-13/h4-5H,2-3,6-7H2,1H3. The monoisotopic (exact) mass is 256 g/mol. The van der Waals surface area contributed by atoms with Crippen LogP contribution in [0.3, 0.4) is 0 Å². The summed E-state index contributed by atoms with van der Waals surface area (Å²) >= 11 is 3.46. The van der Waals surface area contributed by atoms with Crippen LogP contribution in [0, 0.1) is 0 Å². The van der Waals surface area contributed by atoms with E-state index < -0.39 is 0 Å². The van der Waals surface area contributed by atoms with E-state index in [9.17, 15) is 0 Å². The minimum absolute atomic E-state index is 0.842. The average molecular weight is 257 g/mol. The Bertz CT molecular complexity index is 324. The molecule has 2 heterocycles. The van der Waals surface area contributed by atoms with E-state index in [1.165, 1.54) is 12.8 Å². The summed E-state index contributed by atoms with van der Waals surface area (Å²) in [6, 6.07) is 1.90. The second-order valence-corrected chi connectivity index (χ2v) is 4.20. The molecule has 14 heavy (non-hydrogen) atoms. The molecule has 0 atom stereocenters. The number of hydrogen-bond acceptors (Lipinski definition) is 3. The molecular formula is C10H13BrN2O. The molecule has 1 aromatic rings. The Morgan fingerprint density at radius 3 is 2.79 bits per heavy atom. The smallest absolute Gasteiger partial charge is 0.175 e. The summed E-state index contributed by atoms with van der Waals surface area (Å²) in [4.78, 5) is 6.63. The number of halogens is 1. The molecule has 0 bridgehead atoms. The maximum absolute atomic E-state index is 5.34. The van der Waals surface area contributed by atoms with Gasteiger partial charge in [-0.3, -0.25) is 0 Å². The summed E-state index contributed by atoms with van der Waals surface area (Å²) in [5, 5.41) is 0. The minimum Gasteiger partial charge on any atom is -0.492 e. The minimum atomic E-state index is 0.842. The van der Waals surface area contributed by atoms with Crippen LogP contribution in [0.2, 0.25) is 0 Å². The number of nitrogens with zero attached hydrogens (tertiary/aromatic N) is 2. The number of hydrogen-bond donors (Lipinski definition) is 0. The topological polar surface area (TPSA) is 25.4 Å². The summed E-state index contributed by atoms with van der Waals surface area (Å²) in [5.41, 5.74) is 0. The molecule has 0 spiro atoms. The first kappa shape index (κ1) is 9.77. The molecule has 2 rings (SSSR count). The van der Waals surface area contributed by atoms with Crippen molar-refractivity contribution in [3.63, 3.8) is 0 Å². The Balaban J connectivity index is 2.35. The van der Waals surface area contributed by atoms with E-state index >= 15 is 0 Å². The van der Waals surface area contributed by atoms with Crippen molar-refractivity contribution in [3.8, 4) is 5.75 Å². The van der Waals surface area contributed by atoms with E-state index in [1.54, 1.807) is 13.3 Å². The van der Waals surface area contributed by atoms with E-state index in [1.807, 2.05) is 6.07 Å². The summed E-state index contributed by atoms with van der Waals surface area (Å²) in [5.74, 6) is 1.80. The molecule has 1 aliphatic heterocycles. The average Bonchev–Trinajstić information content (AvgIpc) is 2.70. The van der Waals surface area contributed by atoms with Crippen LogP contribution in [-0.2, 0) is 0 Å². The highest BCUT2D eigenvalue weighted by molar-refractivity contribution is 9.10. The Morgan fingerprint density at radius 2 is 2.14 bits per heavy atom. The first-order chi connectivity index (χ1) is 6.83. The molecule has 1 fully saturated rings. The molecule has 0 radical (unpaired) electrons. The lowest BCUT2D eigenvalue weighted by Crippen LogP contribution is -2.19. The highest BCUT2D eigenvalue weighted by Crippen LogP contribution is 2.34. The highest BCUT2D eigenvalue weighted by Gasteiger charge is 2.18. The molecule has 0 saturated carbocycles. The van der Waals surface area contributed by atoms with Gasteiger partial charge in [-0.25, -0.2) is 4.98 Å². The van der Waals surface area contributed by atoms with Gasteiger partial charge in [0.2, 0.25) is 0 Å². The predicted octanol–water partition coefficient (Wildman–Crippen LogP) is 2.45. The number of aromatic nitrogens is 1. The van der Waals surface area contributed by atoms with Gasteiger partial charge >= 0.3 is 0 Å². The molecule has 3 nitrogen and oxygen atoms in total. The van der Waals surface area contributed by atoms with Crippen LogP contribution in [0.15, 0.2) is 16.7 Å². The van der Waals surface area contributed by atoms with E-state index in [4.69, 9.17) is 4.74 Å². The van der Waals surface area contributed by atoms with Crippen molar-refractivity contribution in [3.05, 3.63) is 16.7 Å². The van der Waals surface area contributed by atoms with Crippen molar-refractivity contribution in [2.75, 3.05) is 25.1 Å². The third kappa shape index (κ3) is 1.71. The predicted molar refractivity (Wildman–Crippen MR) is 59.9 cm³/mol. The Labute approximate surface area is 92.2 Å². The molecular weight excluding hydrogens is 244 g/mol. The lowest BCUT2D eigenvalue weighted by molar-refractivity contribution is 0.410. The van der Waals surface area contributed by atoms with Crippen LogP contribution in [-0.4, -0.2) is 25.2 Å². The van der Waals surface area contributed by atoms with Crippen LogP contribution >= 0.6 is 15.9 Å². The van der Waals surface area contributed by atoms with Crippen LogP contribution in [0.1, 0.15) is 12.8 Å². The third-order valence-corrected chi connectivity index (χ3v) is 3.07. The molecule has 76 valence electrons. The Morgan fingerprint density at radius 1 is 1.43 bits per heavy atom. The van der Waals surface area contributed by atoms with Gasteiger partial charge in [-0.2, -0.15) is 0 Å². The molecule has 0 unspecified atom stereocenters. The highest BCUT2D eigenvalue weighted by atomic mass is 79.9. The summed E-state index contributed by atoms with van der Waals surface area (Å²) in [7, 11) is 1.68. The quantitative estimate of drug-likeness (QED) is 0.813. The van der Waals surface area contributed by atoms with Gasteiger partial charge in [0.05, 0.1) is 11.6 Å². The number of rotatable bonds is 2. The maximum atomic E-state index is 5.34. The number of ether oxygens (including phenoxy) is 1. The van der Waals surface area contributed by atoms with Crippen molar-refractivity contribution in [2.45, 2.75) is 12.8 Å². The fraction of sp³-hybridized carbons (Fsp3) is 0.500. The molecule has 0 aliphatic carbocycles. The van der Waals surface area contributed by atoms with Gasteiger partial charge in [0, 0.05) is 19.3 Å². The van der Waals surface area contributed by atoms with Crippen molar-refractivity contribution in [1.29, 1.82) is 0 Å². The molecule has 1 saturated heterocycles. The van der Waals surface area contributed by atoms with Gasteiger partial charge in [0.1, 0.15) is 0 Å². The Hall–Kier alpha value is -0.770. The zero-order chi connectivity index (χ0) is 9.97. The zero-order valence-electron chi connectivity index (χ0n) is 8.16. The van der Waals surface area contributed by atoms with Crippen LogP contribution in [0.25, 0.3) is 0 Å². The fourth-order valence-corrected chi connectivity index (χ4v) is 2.21. The molecule has 0 aromatic carbocycles. The molecule has 0 amide bonds. The number of pyridine rings is 1. The summed E-state index contributed by atoms with van der Waals surface area (Å²) in [6.07, 6.45) is 4.30. The van der Waals surface area contributed by atoms with Gasteiger partial charge in [-0.05, 0) is 34.8 Å². The fourth-order valence-electron chi connectivity index (χ4n) is 1.76. The van der Waals surface area contributed by atoms with Gasteiger partial charge in [0.15, 0.2) is 11.6 Å². The van der Waals surface area contributed by atoms with Crippen molar-refractivity contribution >= 4 is 21.7 Å². The first-order valence-corrected chi connectivity index (χ1v) is 5.55. The van der Waals surface area contributed by atoms with Gasteiger partial charge in [0.25, 0.3) is 0 Å². The lowest BCUT2D eigenvalue weighted by atomic mass is 10.4. The summed E-state index contributed by atoms with van der Waals surface area (Å²) in [6.45, 7) is 2.17. The van der Waals surface area contributed by atoms with Gasteiger partial charge in [-0.1, -0.05) is 0 Å². The largest absolute Gasteiger partial charge is 0.492 e. The van der Waals surface area contributed by atoms with E-state index in [-0.39, 0.29) is 0 Å². The van der Waals surface area contributed by atoms with Crippen molar-refractivity contribution < 1.29 is 4.74 Å². The SMILES string of the molecule is COc1c(Br)ccnc1N1CCCC1. The second kappa shape index (κ2) is 4.17. The van der Waals surface area contributed by atoms with E-state index in [2.05, 4.69) is 25.8 Å². The summed E-state index contributed by atoms with van der Waals surface area (Å²) < 4.78 is 6.31. The molecule has 0 N–H and O–H groups in total. The normalized spacial score (nSPS) is 16.0. The molecule has 1 aliphatic rings. The van der Waals surface area contributed by atoms with Crippen molar-refractivity contribution in [2.24, 2.45) is 0 Å². The number of anilines is 1. The molecule has 4 heteroatoms. The van der Waals surface area contributed by atoms with Crippen LogP contribution < -0.4 is 9.64 Å². The number of methoxy groups -OCH3 is 1. The molecule has 1 aromatic heterocycles. The van der Waals surface area contributed by atoms with E-state index in [0.717, 1.165) is 29.1 Å². The Kier molecular flexibility index (Phi) is 2.91. The first-order valence-electron chi connectivity index (χ1n) is 4.76. The van der Waals surface area contributed by atoms with Crippen molar-refractivity contribution in [1.82, 2.24) is 4.98 Å².